The lowest BCUT2D eigenvalue weighted by atomic mass is 9.97. The van der Waals surface area contributed by atoms with Gasteiger partial charge in [0.15, 0.2) is 5.65 Å². The maximum atomic E-state index is 12.7. The molecule has 0 bridgehead atoms. The lowest BCUT2D eigenvalue weighted by Crippen LogP contribution is -2.41. The maximum Gasteiger partial charge on any atom is 0.229 e. The number of carbonyl (C=O) groups excluding carboxylic acids is 1. The quantitative estimate of drug-likeness (QED) is 0.773. The number of hydrogen-bond donors (Lipinski definition) is 1. The summed E-state index contributed by atoms with van der Waals surface area (Å²) in [5.41, 5.74) is 1.48. The minimum Gasteiger partial charge on any atom is -0.497 e. The predicted molar refractivity (Wildman–Crippen MR) is 97.3 cm³/mol. The molecule has 1 aliphatic rings. The Kier molecular flexibility index (Phi) is 4.39. The Bertz CT molecular complexity index is 907. The summed E-state index contributed by atoms with van der Waals surface area (Å²) < 4.78 is 6.79. The van der Waals surface area contributed by atoms with E-state index in [1.54, 1.807) is 18.0 Å². The van der Waals surface area contributed by atoms with Crippen molar-refractivity contribution in [2.24, 2.45) is 5.92 Å². The molecule has 8 heteroatoms. The lowest BCUT2D eigenvalue weighted by Gasteiger charge is -2.32. The number of methoxy groups -OCH3 is 1. The van der Waals surface area contributed by atoms with Crippen LogP contribution in [0.25, 0.3) is 5.65 Å². The van der Waals surface area contributed by atoms with Crippen LogP contribution >= 0.6 is 0 Å². The number of piperidine rings is 1. The molecule has 1 fully saturated rings. The molecule has 1 atom stereocenters. The predicted octanol–water partition coefficient (Wildman–Crippen LogP) is 1.99. The van der Waals surface area contributed by atoms with Gasteiger partial charge in [-0.3, -0.25) is 4.79 Å². The molecular formula is C18H20N6O2. The molecule has 1 aliphatic heterocycles. The fourth-order valence-corrected chi connectivity index (χ4v) is 3.20. The molecule has 3 heterocycles. The van der Waals surface area contributed by atoms with Crippen molar-refractivity contribution in [1.29, 1.82) is 0 Å². The van der Waals surface area contributed by atoms with Crippen LogP contribution in [0.1, 0.15) is 12.8 Å². The molecule has 8 nitrogen and oxygen atoms in total. The SMILES string of the molecule is COc1ccc(NC(=O)C2CCCN(c3ccc4nncn4n3)C2)cc1. The van der Waals surface area contributed by atoms with E-state index in [1.807, 2.05) is 36.4 Å². The molecule has 134 valence electrons. The number of nitrogens with one attached hydrogen (secondary N) is 1. The summed E-state index contributed by atoms with van der Waals surface area (Å²) in [5, 5.41) is 15.3. The van der Waals surface area contributed by atoms with E-state index in [0.717, 1.165) is 36.6 Å². The third-order valence-corrected chi connectivity index (χ3v) is 4.62. The highest BCUT2D eigenvalue weighted by Crippen LogP contribution is 2.23. The van der Waals surface area contributed by atoms with Crippen molar-refractivity contribution in [3.05, 3.63) is 42.7 Å². The summed E-state index contributed by atoms with van der Waals surface area (Å²) >= 11 is 0. The smallest absolute Gasteiger partial charge is 0.229 e. The van der Waals surface area contributed by atoms with Gasteiger partial charge in [0.1, 0.15) is 17.9 Å². The van der Waals surface area contributed by atoms with E-state index in [4.69, 9.17) is 4.74 Å². The number of rotatable bonds is 4. The van der Waals surface area contributed by atoms with Crippen LogP contribution in [-0.4, -0.2) is 45.9 Å². The molecule has 0 radical (unpaired) electrons. The van der Waals surface area contributed by atoms with Gasteiger partial charge < -0.3 is 15.0 Å². The first kappa shape index (κ1) is 16.3. The van der Waals surface area contributed by atoms with E-state index in [2.05, 4.69) is 25.5 Å². The fourth-order valence-electron chi connectivity index (χ4n) is 3.20. The van der Waals surface area contributed by atoms with Crippen molar-refractivity contribution in [2.75, 3.05) is 30.4 Å². The number of ether oxygens (including phenoxy) is 1. The molecule has 1 saturated heterocycles. The zero-order chi connectivity index (χ0) is 17.9. The highest BCUT2D eigenvalue weighted by molar-refractivity contribution is 5.93. The number of carbonyl (C=O) groups is 1. The standard InChI is InChI=1S/C18H20N6O2/c1-26-15-6-4-14(5-7-15)20-18(25)13-3-2-10-23(11-13)17-9-8-16-21-19-12-24(16)22-17/h4-9,12-13H,2-3,10-11H2,1H3,(H,20,25). The number of fused-ring (bicyclic) bond motifs is 1. The molecule has 1 unspecified atom stereocenters. The van der Waals surface area contributed by atoms with Gasteiger partial charge in [-0.15, -0.1) is 15.3 Å². The lowest BCUT2D eigenvalue weighted by molar-refractivity contribution is -0.120. The summed E-state index contributed by atoms with van der Waals surface area (Å²) in [5.74, 6) is 1.55. The van der Waals surface area contributed by atoms with Gasteiger partial charge in [-0.25, -0.2) is 0 Å². The van der Waals surface area contributed by atoms with Crippen molar-refractivity contribution < 1.29 is 9.53 Å². The van der Waals surface area contributed by atoms with Crippen LogP contribution in [-0.2, 0) is 4.79 Å². The molecule has 1 aromatic carbocycles. The molecule has 0 spiro atoms. The van der Waals surface area contributed by atoms with Crippen LogP contribution in [0, 0.1) is 5.92 Å². The second-order valence-electron chi connectivity index (χ2n) is 6.33. The molecule has 2 aromatic heterocycles. The zero-order valence-electron chi connectivity index (χ0n) is 14.5. The third-order valence-electron chi connectivity index (χ3n) is 4.62. The summed E-state index contributed by atoms with van der Waals surface area (Å²) in [7, 11) is 1.62. The van der Waals surface area contributed by atoms with Crippen LogP contribution in [0.2, 0.25) is 0 Å². The number of benzene rings is 1. The Morgan fingerprint density at radius 3 is 2.88 bits per heavy atom. The van der Waals surface area contributed by atoms with Crippen molar-refractivity contribution in [3.63, 3.8) is 0 Å². The van der Waals surface area contributed by atoms with E-state index >= 15 is 0 Å². The van der Waals surface area contributed by atoms with E-state index in [1.165, 1.54) is 0 Å². The van der Waals surface area contributed by atoms with E-state index in [9.17, 15) is 4.79 Å². The molecule has 0 saturated carbocycles. The average molecular weight is 352 g/mol. The Labute approximate surface area is 150 Å². The Balaban J connectivity index is 1.44. The largest absolute Gasteiger partial charge is 0.497 e. The molecule has 3 aromatic rings. The van der Waals surface area contributed by atoms with Gasteiger partial charge in [0.25, 0.3) is 0 Å². The first-order valence-corrected chi connectivity index (χ1v) is 8.60. The molecular weight excluding hydrogens is 332 g/mol. The minimum atomic E-state index is -0.0794. The fraction of sp³-hybridized carbons (Fsp3) is 0.333. The van der Waals surface area contributed by atoms with Crippen molar-refractivity contribution >= 4 is 23.1 Å². The van der Waals surface area contributed by atoms with Crippen molar-refractivity contribution in [1.82, 2.24) is 19.8 Å². The third kappa shape index (κ3) is 3.30. The number of amides is 1. The highest BCUT2D eigenvalue weighted by atomic mass is 16.5. The van der Waals surface area contributed by atoms with E-state index in [0.29, 0.717) is 12.2 Å². The highest BCUT2D eigenvalue weighted by Gasteiger charge is 2.27. The Morgan fingerprint density at radius 1 is 1.23 bits per heavy atom. The second-order valence-corrected chi connectivity index (χ2v) is 6.33. The zero-order valence-corrected chi connectivity index (χ0v) is 14.5. The van der Waals surface area contributed by atoms with Crippen LogP contribution in [0.5, 0.6) is 5.75 Å². The van der Waals surface area contributed by atoms with Gasteiger partial charge in [0.05, 0.1) is 13.0 Å². The van der Waals surface area contributed by atoms with Crippen LogP contribution in [0.4, 0.5) is 11.5 Å². The Hall–Kier alpha value is -3.16. The first-order chi connectivity index (χ1) is 12.7. The minimum absolute atomic E-state index is 0.0326. The maximum absolute atomic E-state index is 12.7. The molecule has 0 aliphatic carbocycles. The normalized spacial score (nSPS) is 17.3. The van der Waals surface area contributed by atoms with Crippen molar-refractivity contribution in [2.45, 2.75) is 12.8 Å². The van der Waals surface area contributed by atoms with Gasteiger partial charge in [0, 0.05) is 18.8 Å². The number of aromatic nitrogens is 4. The monoisotopic (exact) mass is 352 g/mol. The topological polar surface area (TPSA) is 84.6 Å². The Morgan fingerprint density at radius 2 is 2.08 bits per heavy atom. The first-order valence-electron chi connectivity index (χ1n) is 8.60. The van der Waals surface area contributed by atoms with Crippen molar-refractivity contribution in [3.8, 4) is 5.75 Å². The average Bonchev–Trinajstić information content (AvgIpc) is 3.16. The van der Waals surface area contributed by atoms with Gasteiger partial charge >= 0.3 is 0 Å². The van der Waals surface area contributed by atoms with Gasteiger partial charge in [-0.2, -0.15) is 4.52 Å². The van der Waals surface area contributed by atoms with Crippen LogP contribution in [0.3, 0.4) is 0 Å². The molecule has 26 heavy (non-hydrogen) atoms. The van der Waals surface area contributed by atoms with Gasteiger partial charge in [0.2, 0.25) is 5.91 Å². The van der Waals surface area contributed by atoms with Gasteiger partial charge in [-0.1, -0.05) is 0 Å². The van der Waals surface area contributed by atoms with Crippen LogP contribution < -0.4 is 15.0 Å². The summed E-state index contributed by atoms with van der Waals surface area (Å²) in [6, 6.07) is 11.2. The molecule has 1 amide bonds. The van der Waals surface area contributed by atoms with E-state index in [-0.39, 0.29) is 11.8 Å². The summed E-state index contributed by atoms with van der Waals surface area (Å²) in [6.45, 7) is 1.52. The second kappa shape index (κ2) is 6.99. The summed E-state index contributed by atoms with van der Waals surface area (Å²) in [6.07, 6.45) is 3.40. The van der Waals surface area contributed by atoms with E-state index < -0.39 is 0 Å². The molecule has 1 N–H and O–H groups in total. The number of nitrogens with zero attached hydrogens (tertiary/aromatic N) is 5. The van der Waals surface area contributed by atoms with Crippen LogP contribution in [0.15, 0.2) is 42.7 Å². The number of anilines is 2. The van der Waals surface area contributed by atoms with Gasteiger partial charge in [-0.05, 0) is 49.2 Å². The molecule has 4 rings (SSSR count). The number of hydrogen-bond acceptors (Lipinski definition) is 6. The summed E-state index contributed by atoms with van der Waals surface area (Å²) in [4.78, 5) is 14.8.